The van der Waals surface area contributed by atoms with Crippen LogP contribution in [-0.4, -0.2) is 59.9 Å². The second kappa shape index (κ2) is 8.23. The van der Waals surface area contributed by atoms with E-state index in [1.165, 1.54) is 4.90 Å². The molecule has 0 aliphatic carbocycles. The Morgan fingerprint density at radius 2 is 2.00 bits per heavy atom. The molecule has 1 N–H and O–H groups in total. The van der Waals surface area contributed by atoms with Crippen LogP contribution in [0, 0.1) is 6.92 Å². The van der Waals surface area contributed by atoms with E-state index >= 15 is 0 Å². The molecule has 7 nitrogen and oxygen atoms in total. The summed E-state index contributed by atoms with van der Waals surface area (Å²) in [6.45, 7) is 4.96. The molecular formula is C24H28N2O5. The minimum absolute atomic E-state index is 0.0658. The average Bonchev–Trinajstić information content (AvgIpc) is 3.37. The summed E-state index contributed by atoms with van der Waals surface area (Å²) in [7, 11) is 3.92. The molecule has 4 rings (SSSR count). The zero-order valence-corrected chi connectivity index (χ0v) is 18.3. The van der Waals surface area contributed by atoms with Crippen molar-refractivity contribution in [2.75, 3.05) is 27.2 Å². The van der Waals surface area contributed by atoms with Gasteiger partial charge in [-0.25, -0.2) is 0 Å². The summed E-state index contributed by atoms with van der Waals surface area (Å²) < 4.78 is 11.5. The summed E-state index contributed by atoms with van der Waals surface area (Å²) in [5.41, 5.74) is 1.54. The SMILES string of the molecule is Cc1ccc([C@H]2C(=C(O)c3ccc4c(c3)C[C@H](C)O4)C(=O)C(=O)N2CCCN(C)C)o1. The molecule has 31 heavy (non-hydrogen) atoms. The number of carbonyl (C=O) groups excluding carboxylic acids is 2. The van der Waals surface area contributed by atoms with E-state index in [-0.39, 0.29) is 17.4 Å². The predicted octanol–water partition coefficient (Wildman–Crippen LogP) is 3.28. The van der Waals surface area contributed by atoms with Gasteiger partial charge in [-0.3, -0.25) is 9.59 Å². The summed E-state index contributed by atoms with van der Waals surface area (Å²) >= 11 is 0. The molecule has 2 aromatic rings. The van der Waals surface area contributed by atoms with E-state index in [0.29, 0.717) is 30.0 Å². The molecule has 3 heterocycles. The number of carbonyl (C=O) groups is 2. The van der Waals surface area contributed by atoms with Gasteiger partial charge in [0.1, 0.15) is 35.2 Å². The number of aliphatic hydroxyl groups is 1. The van der Waals surface area contributed by atoms with Crippen molar-refractivity contribution < 1.29 is 23.8 Å². The molecule has 1 fully saturated rings. The van der Waals surface area contributed by atoms with Crippen LogP contribution in [0.2, 0.25) is 0 Å². The first kappa shape index (κ1) is 21.2. The van der Waals surface area contributed by atoms with Gasteiger partial charge in [0, 0.05) is 18.5 Å². The third-order valence-corrected chi connectivity index (χ3v) is 5.74. The number of ether oxygens (including phenoxy) is 1. The number of benzene rings is 1. The number of furan rings is 1. The lowest BCUT2D eigenvalue weighted by Gasteiger charge is -2.24. The number of ketones is 1. The molecule has 2 aliphatic rings. The van der Waals surface area contributed by atoms with Crippen LogP contribution in [0.4, 0.5) is 0 Å². The second-order valence-corrected chi connectivity index (χ2v) is 8.55. The molecular weight excluding hydrogens is 396 g/mol. The van der Waals surface area contributed by atoms with Gasteiger partial charge < -0.3 is 24.1 Å². The highest BCUT2D eigenvalue weighted by Crippen LogP contribution is 2.41. The zero-order valence-electron chi connectivity index (χ0n) is 18.3. The van der Waals surface area contributed by atoms with Crippen molar-refractivity contribution in [3.8, 4) is 5.75 Å². The molecule has 164 valence electrons. The van der Waals surface area contributed by atoms with Crippen molar-refractivity contribution in [2.24, 2.45) is 0 Å². The molecule has 0 bridgehead atoms. The fourth-order valence-corrected chi connectivity index (χ4v) is 4.29. The highest BCUT2D eigenvalue weighted by Gasteiger charge is 2.47. The maximum Gasteiger partial charge on any atom is 0.295 e. The number of hydrogen-bond donors (Lipinski definition) is 1. The van der Waals surface area contributed by atoms with Crippen molar-refractivity contribution in [2.45, 2.75) is 38.8 Å². The predicted molar refractivity (Wildman–Crippen MR) is 116 cm³/mol. The van der Waals surface area contributed by atoms with Crippen LogP contribution >= 0.6 is 0 Å². The lowest BCUT2D eigenvalue weighted by atomic mass is 9.97. The summed E-state index contributed by atoms with van der Waals surface area (Å²) in [5, 5.41) is 11.2. The Labute approximate surface area is 181 Å². The van der Waals surface area contributed by atoms with Gasteiger partial charge in [-0.1, -0.05) is 0 Å². The van der Waals surface area contributed by atoms with Gasteiger partial charge >= 0.3 is 0 Å². The van der Waals surface area contributed by atoms with Crippen molar-refractivity contribution in [1.29, 1.82) is 0 Å². The van der Waals surface area contributed by atoms with E-state index in [1.807, 2.05) is 38.9 Å². The first-order valence-corrected chi connectivity index (χ1v) is 10.6. The van der Waals surface area contributed by atoms with Crippen LogP contribution in [0.25, 0.3) is 5.76 Å². The molecule has 0 saturated carbocycles. The lowest BCUT2D eigenvalue weighted by molar-refractivity contribution is -0.140. The molecule has 0 unspecified atom stereocenters. The maximum atomic E-state index is 13.0. The Morgan fingerprint density at radius 1 is 1.23 bits per heavy atom. The van der Waals surface area contributed by atoms with E-state index in [9.17, 15) is 14.7 Å². The number of aryl methyl sites for hydroxylation is 1. The number of fused-ring (bicyclic) bond motifs is 1. The molecule has 1 saturated heterocycles. The van der Waals surface area contributed by atoms with Crippen molar-refractivity contribution in [3.63, 3.8) is 0 Å². The van der Waals surface area contributed by atoms with Gasteiger partial charge in [0.25, 0.3) is 11.7 Å². The molecule has 1 amide bonds. The van der Waals surface area contributed by atoms with Gasteiger partial charge in [0.2, 0.25) is 0 Å². The highest BCUT2D eigenvalue weighted by atomic mass is 16.5. The summed E-state index contributed by atoms with van der Waals surface area (Å²) in [5.74, 6) is 0.448. The third-order valence-electron chi connectivity index (χ3n) is 5.74. The van der Waals surface area contributed by atoms with Crippen LogP contribution in [0.1, 0.15) is 42.0 Å². The number of nitrogens with zero attached hydrogens (tertiary/aromatic N) is 2. The van der Waals surface area contributed by atoms with Gasteiger partial charge in [-0.2, -0.15) is 0 Å². The summed E-state index contributed by atoms with van der Waals surface area (Å²) in [6, 6.07) is 8.15. The molecule has 2 aliphatic heterocycles. The van der Waals surface area contributed by atoms with Gasteiger partial charge in [0.05, 0.1) is 5.57 Å². The fraction of sp³-hybridized carbons (Fsp3) is 0.417. The number of Topliss-reactive ketones (excluding diaryl/α,β-unsaturated/α-hetero) is 1. The molecule has 1 aromatic carbocycles. The van der Waals surface area contributed by atoms with Crippen molar-refractivity contribution in [3.05, 3.63) is 58.6 Å². The first-order valence-electron chi connectivity index (χ1n) is 10.6. The largest absolute Gasteiger partial charge is 0.507 e. The van der Waals surface area contributed by atoms with Crippen LogP contribution < -0.4 is 4.74 Å². The van der Waals surface area contributed by atoms with Gasteiger partial charge in [0.15, 0.2) is 0 Å². The van der Waals surface area contributed by atoms with Crippen LogP contribution in [0.3, 0.4) is 0 Å². The number of amides is 1. The Morgan fingerprint density at radius 3 is 2.68 bits per heavy atom. The lowest BCUT2D eigenvalue weighted by Crippen LogP contribution is -2.32. The molecule has 0 spiro atoms. The highest BCUT2D eigenvalue weighted by molar-refractivity contribution is 6.46. The molecule has 2 atom stereocenters. The van der Waals surface area contributed by atoms with Crippen molar-refractivity contribution >= 4 is 17.4 Å². The van der Waals surface area contributed by atoms with E-state index < -0.39 is 17.7 Å². The summed E-state index contributed by atoms with van der Waals surface area (Å²) in [4.78, 5) is 29.5. The Hall–Kier alpha value is -3.06. The minimum atomic E-state index is -0.751. The number of likely N-dealkylation sites (tertiary alicyclic amines) is 1. The zero-order chi connectivity index (χ0) is 22.3. The van der Waals surface area contributed by atoms with Crippen LogP contribution in [-0.2, 0) is 16.0 Å². The summed E-state index contributed by atoms with van der Waals surface area (Å²) in [6.07, 6.45) is 1.50. The topological polar surface area (TPSA) is 83.2 Å². The van der Waals surface area contributed by atoms with Gasteiger partial charge in [-0.05, 0) is 76.8 Å². The second-order valence-electron chi connectivity index (χ2n) is 8.55. The third kappa shape index (κ3) is 3.97. The Bertz CT molecular complexity index is 1050. The molecule has 7 heteroatoms. The molecule has 0 radical (unpaired) electrons. The number of hydrogen-bond acceptors (Lipinski definition) is 6. The molecule has 1 aromatic heterocycles. The van der Waals surface area contributed by atoms with Crippen LogP contribution in [0.5, 0.6) is 5.75 Å². The smallest absolute Gasteiger partial charge is 0.295 e. The van der Waals surface area contributed by atoms with Crippen molar-refractivity contribution in [1.82, 2.24) is 9.80 Å². The average molecular weight is 424 g/mol. The standard InChI is InChI=1S/C24H28N2O5/c1-14-6-8-19(30-14)21-20(23(28)24(29)26(21)11-5-10-25(3)4)22(27)16-7-9-18-17(13-16)12-15(2)31-18/h6-9,13,15,21,27H,5,10-12H2,1-4H3/t15-,21-/m0/s1. The monoisotopic (exact) mass is 424 g/mol. The Kier molecular flexibility index (Phi) is 5.62. The number of aliphatic hydroxyl groups excluding tert-OH is 1. The Balaban J connectivity index is 1.76. The van der Waals surface area contributed by atoms with E-state index in [4.69, 9.17) is 9.15 Å². The van der Waals surface area contributed by atoms with E-state index in [2.05, 4.69) is 0 Å². The maximum absolute atomic E-state index is 13.0. The van der Waals surface area contributed by atoms with Crippen LogP contribution in [0.15, 0.2) is 40.3 Å². The fourth-order valence-electron chi connectivity index (χ4n) is 4.29. The number of rotatable bonds is 6. The van der Waals surface area contributed by atoms with Gasteiger partial charge in [-0.15, -0.1) is 0 Å². The first-order chi connectivity index (χ1) is 14.8. The van der Waals surface area contributed by atoms with E-state index in [1.54, 1.807) is 24.3 Å². The normalized spacial score (nSPS) is 22.3. The minimum Gasteiger partial charge on any atom is -0.507 e. The van der Waals surface area contributed by atoms with E-state index in [0.717, 1.165) is 24.3 Å². The quantitative estimate of drug-likeness (QED) is 0.435.